The molecule has 0 atom stereocenters. The SMILES string of the molecule is [O-][P+]([O-])([O-])Cc1ccc(OC(F)(F)C(F)(F)/C(F)=C(\F)C(F)(F)C(F)(F)C(F)(F)C(F)(F)C(F)(F)F)cc1. The van der Waals surface area contributed by atoms with Gasteiger partial charge in [-0.1, -0.05) is 12.1 Å². The topological polar surface area (TPSA) is 78.4 Å². The Hall–Kier alpha value is -2.12. The van der Waals surface area contributed by atoms with Crippen molar-refractivity contribution < 1.29 is 94.1 Å². The molecule has 0 aliphatic heterocycles. The molecule has 0 spiro atoms. The van der Waals surface area contributed by atoms with Gasteiger partial charge in [0.15, 0.2) is 0 Å². The molecule has 0 radical (unpaired) electrons. The van der Waals surface area contributed by atoms with Crippen LogP contribution in [-0.4, -0.2) is 41.9 Å². The third kappa shape index (κ3) is 5.89. The van der Waals surface area contributed by atoms with Crippen LogP contribution in [0.5, 0.6) is 5.75 Å². The van der Waals surface area contributed by atoms with Gasteiger partial charge in [-0.3, -0.25) is 0 Å². The van der Waals surface area contributed by atoms with E-state index in [2.05, 4.69) is 4.74 Å². The molecule has 38 heavy (non-hydrogen) atoms. The van der Waals surface area contributed by atoms with E-state index in [0.717, 1.165) is 0 Å². The first-order chi connectivity index (χ1) is 16.5. The van der Waals surface area contributed by atoms with Gasteiger partial charge in [-0.25, -0.2) is 8.78 Å². The van der Waals surface area contributed by atoms with Gasteiger partial charge in [-0.15, -0.1) is 0 Å². The van der Waals surface area contributed by atoms with E-state index in [4.69, 9.17) is 0 Å². The quantitative estimate of drug-likeness (QED) is 0.277. The molecule has 0 N–H and O–H groups in total. The van der Waals surface area contributed by atoms with Gasteiger partial charge in [0.25, 0.3) is 0 Å². The van der Waals surface area contributed by atoms with Crippen LogP contribution in [0.15, 0.2) is 35.9 Å². The molecule has 0 fully saturated rings. The average Bonchev–Trinajstić information content (AvgIpc) is 2.71. The number of ether oxygens (including phenoxy) is 1. The van der Waals surface area contributed by atoms with Gasteiger partial charge >= 0.3 is 41.9 Å². The molecule has 4 nitrogen and oxygen atoms in total. The fourth-order valence-electron chi connectivity index (χ4n) is 2.21. The molecule has 1 rings (SSSR count). The molecule has 0 aliphatic rings. The summed E-state index contributed by atoms with van der Waals surface area (Å²) in [4.78, 5) is 31.7. The molecule has 0 unspecified atom stereocenters. The molecular weight excluding hydrogens is 610 g/mol. The number of benzene rings is 1. The van der Waals surface area contributed by atoms with E-state index in [1.807, 2.05) is 0 Å². The van der Waals surface area contributed by atoms with Gasteiger partial charge in [0.05, 0.1) is 6.16 Å². The largest absolute Gasteiger partial charge is 0.687 e. The lowest BCUT2D eigenvalue weighted by Crippen LogP contribution is -2.66. The zero-order chi connectivity index (χ0) is 30.6. The lowest BCUT2D eigenvalue weighted by molar-refractivity contribution is -0.428. The molecule has 0 bridgehead atoms. The Morgan fingerprint density at radius 3 is 1.37 bits per heavy atom. The summed E-state index contributed by atoms with van der Waals surface area (Å²) in [6, 6.07) is 1.21. The predicted octanol–water partition coefficient (Wildman–Crippen LogP) is 4.89. The van der Waals surface area contributed by atoms with Crippen molar-refractivity contribution in [1.29, 1.82) is 0 Å². The summed E-state index contributed by atoms with van der Waals surface area (Å²) in [5, 5.41) is 0. The number of rotatable bonds is 10. The third-order valence-corrected chi connectivity index (χ3v) is 4.95. The van der Waals surface area contributed by atoms with E-state index < -0.39 is 79.0 Å². The highest BCUT2D eigenvalue weighted by Gasteiger charge is 2.88. The Kier molecular flexibility index (Phi) is 8.75. The summed E-state index contributed by atoms with van der Waals surface area (Å²) in [7, 11) is -5.26. The lowest BCUT2D eigenvalue weighted by atomic mass is 9.96. The minimum absolute atomic E-state index is 0.162. The monoisotopic (exact) mass is 616 g/mol. The summed E-state index contributed by atoms with van der Waals surface area (Å²) in [5.41, 5.74) is -0.489. The second-order valence-electron chi connectivity index (χ2n) is 7.03. The molecule has 0 amide bonds. The second-order valence-corrected chi connectivity index (χ2v) is 8.57. The van der Waals surface area contributed by atoms with Gasteiger partial charge in [0, 0.05) is 0 Å². The smallest absolute Gasteiger partial charge is 0.471 e. The molecule has 0 aromatic heterocycles. The first-order valence-electron chi connectivity index (χ1n) is 8.66. The number of allylic oxidation sites excluding steroid dienone is 1. The van der Waals surface area contributed by atoms with Crippen molar-refractivity contribution in [2.45, 2.75) is 48.1 Å². The van der Waals surface area contributed by atoms with Crippen LogP contribution in [0.2, 0.25) is 0 Å². The lowest BCUT2D eigenvalue weighted by Gasteiger charge is -2.42. The summed E-state index contributed by atoms with van der Waals surface area (Å²) >= 11 is 0. The van der Waals surface area contributed by atoms with Crippen LogP contribution in [0.25, 0.3) is 0 Å². The Labute approximate surface area is 198 Å². The van der Waals surface area contributed by atoms with Crippen molar-refractivity contribution in [3.63, 3.8) is 0 Å². The van der Waals surface area contributed by atoms with Crippen molar-refractivity contribution >= 4 is 7.94 Å². The van der Waals surface area contributed by atoms with Crippen LogP contribution in [0.1, 0.15) is 5.56 Å². The summed E-state index contributed by atoms with van der Waals surface area (Å²) in [5.74, 6) is -51.9. The zero-order valence-electron chi connectivity index (χ0n) is 17.0. The maximum Gasteiger partial charge on any atom is 0.471 e. The minimum atomic E-state index is -8.37. The first kappa shape index (κ1) is 33.9. The summed E-state index contributed by atoms with van der Waals surface area (Å²) < 4.78 is 227. The van der Waals surface area contributed by atoms with Crippen LogP contribution in [0, 0.1) is 0 Å². The van der Waals surface area contributed by atoms with E-state index >= 15 is 0 Å². The molecule has 0 saturated heterocycles. The zero-order valence-corrected chi connectivity index (χ0v) is 17.9. The van der Waals surface area contributed by atoms with E-state index in [0.29, 0.717) is 12.1 Å². The molecule has 0 heterocycles. The van der Waals surface area contributed by atoms with Gasteiger partial charge in [0.2, 0.25) is 11.7 Å². The molecule has 1 aromatic rings. The normalized spacial score (nSPS) is 15.9. The predicted molar refractivity (Wildman–Crippen MR) is 82.7 cm³/mol. The number of halogens is 17. The van der Waals surface area contributed by atoms with Crippen LogP contribution in [-0.2, 0) is 6.16 Å². The second kappa shape index (κ2) is 9.81. The maximum atomic E-state index is 13.7. The molecule has 22 heteroatoms. The van der Waals surface area contributed by atoms with Gasteiger partial charge in [0.1, 0.15) is 5.75 Å². The highest BCUT2D eigenvalue weighted by atomic mass is 31.2. The number of hydrogen-bond acceptors (Lipinski definition) is 4. The molecule has 0 aliphatic carbocycles. The standard InChI is InChI=1S/C16H8F17O4P/c17-8(10(19,20)12(23,24)13(25,26)14(27,28)15(29,30)31)9(18)11(21,22)16(32,33)37-7-3-1-6(2-4-7)5-38(34,35)36/h1-4H,5H2,(H2,34,35,36)/p-2/b9-8+. The van der Waals surface area contributed by atoms with Crippen LogP contribution < -0.4 is 19.4 Å². The molecule has 0 saturated carbocycles. The van der Waals surface area contributed by atoms with E-state index in [9.17, 15) is 89.3 Å². The number of alkyl halides is 15. The Balaban J connectivity index is 3.47. The Bertz CT molecular complexity index is 1030. The highest BCUT2D eigenvalue weighted by Crippen LogP contribution is 2.60. The van der Waals surface area contributed by atoms with E-state index in [1.54, 1.807) is 0 Å². The van der Waals surface area contributed by atoms with Gasteiger partial charge < -0.3 is 19.4 Å². The summed E-state index contributed by atoms with van der Waals surface area (Å²) in [6.07, 6.45) is -15.6. The van der Waals surface area contributed by atoms with Crippen molar-refractivity contribution in [1.82, 2.24) is 0 Å². The third-order valence-electron chi connectivity index (χ3n) is 4.19. The van der Waals surface area contributed by atoms with Crippen molar-refractivity contribution in [2.24, 2.45) is 0 Å². The van der Waals surface area contributed by atoms with Crippen LogP contribution in [0.4, 0.5) is 74.6 Å². The number of hydrogen-bond donors (Lipinski definition) is 0. The average molecular weight is 616 g/mol. The van der Waals surface area contributed by atoms with Crippen LogP contribution >= 0.6 is 7.94 Å². The minimum Gasteiger partial charge on any atom is -0.687 e. The van der Waals surface area contributed by atoms with Gasteiger partial charge in [-0.05, 0) is 17.7 Å². The van der Waals surface area contributed by atoms with E-state index in [1.165, 1.54) is 0 Å². The van der Waals surface area contributed by atoms with Crippen molar-refractivity contribution in [3.05, 3.63) is 41.5 Å². The van der Waals surface area contributed by atoms with Crippen molar-refractivity contribution in [3.8, 4) is 5.75 Å². The van der Waals surface area contributed by atoms with Gasteiger partial charge in [-0.2, -0.15) is 73.8 Å². The Morgan fingerprint density at radius 2 is 1.00 bits per heavy atom. The molecule has 1 aromatic carbocycles. The molecular formula is C16H6F17O4P-2. The first-order valence-corrected chi connectivity index (χ1v) is 10.4. The summed E-state index contributed by atoms with van der Waals surface area (Å²) in [6.45, 7) is 0. The maximum absolute atomic E-state index is 13.7. The van der Waals surface area contributed by atoms with Crippen LogP contribution in [0.3, 0.4) is 0 Å². The Morgan fingerprint density at radius 1 is 0.605 bits per heavy atom. The fourth-order valence-corrected chi connectivity index (χ4v) is 2.87. The van der Waals surface area contributed by atoms with E-state index in [-0.39, 0.29) is 12.1 Å². The highest BCUT2D eigenvalue weighted by molar-refractivity contribution is 7.53. The van der Waals surface area contributed by atoms with Crippen molar-refractivity contribution in [2.75, 3.05) is 0 Å². The molecule has 220 valence electrons. The fraction of sp³-hybridized carbons (Fsp3) is 0.500.